The fourth-order valence-electron chi connectivity index (χ4n) is 2.87. The zero-order chi connectivity index (χ0) is 14.6. The molecule has 112 valence electrons. The molecule has 1 aliphatic heterocycles. The minimum absolute atomic E-state index is 0.111. The van der Waals surface area contributed by atoms with Crippen LogP contribution in [0.5, 0.6) is 0 Å². The molecule has 4 heteroatoms. The highest BCUT2D eigenvalue weighted by Crippen LogP contribution is 2.38. The number of rotatable bonds is 5. The topological polar surface area (TPSA) is 21.3 Å². The normalized spacial score (nSPS) is 24.6. The van der Waals surface area contributed by atoms with Gasteiger partial charge in [0.25, 0.3) is 0 Å². The van der Waals surface area contributed by atoms with E-state index < -0.39 is 0 Å². The van der Waals surface area contributed by atoms with Crippen LogP contribution in [0.1, 0.15) is 51.1 Å². The lowest BCUT2D eigenvalue weighted by molar-refractivity contribution is -0.0903. The highest BCUT2D eigenvalue weighted by Gasteiger charge is 2.38. The highest BCUT2D eigenvalue weighted by atomic mass is 79.9. The van der Waals surface area contributed by atoms with E-state index in [-0.39, 0.29) is 17.5 Å². The largest absolute Gasteiger partial charge is 0.373 e. The molecule has 2 nitrogen and oxygen atoms in total. The molecule has 0 saturated carbocycles. The van der Waals surface area contributed by atoms with Gasteiger partial charge in [0, 0.05) is 12.2 Å². The zero-order valence-corrected chi connectivity index (χ0v) is 13.8. The fraction of sp³-hybridized carbons (Fsp3) is 0.625. The first-order valence-electron chi connectivity index (χ1n) is 7.40. The fourth-order valence-corrected chi connectivity index (χ4v) is 3.25. The van der Waals surface area contributed by atoms with Crippen molar-refractivity contribution < 1.29 is 9.13 Å². The summed E-state index contributed by atoms with van der Waals surface area (Å²) < 4.78 is 21.0. The van der Waals surface area contributed by atoms with E-state index in [0.29, 0.717) is 10.0 Å². The summed E-state index contributed by atoms with van der Waals surface area (Å²) in [5.74, 6) is -0.184. The Morgan fingerprint density at radius 3 is 2.90 bits per heavy atom. The molecular formula is C16H23BrFNO. The Kier molecular flexibility index (Phi) is 5.58. The van der Waals surface area contributed by atoms with E-state index >= 15 is 0 Å². The van der Waals surface area contributed by atoms with Gasteiger partial charge in [-0.25, -0.2) is 4.39 Å². The molecule has 1 aromatic rings. The first-order valence-corrected chi connectivity index (χ1v) is 8.19. The van der Waals surface area contributed by atoms with E-state index in [1.165, 1.54) is 0 Å². The molecule has 0 amide bonds. The van der Waals surface area contributed by atoms with Crippen LogP contribution in [0, 0.1) is 5.82 Å². The van der Waals surface area contributed by atoms with Crippen LogP contribution in [0.3, 0.4) is 0 Å². The van der Waals surface area contributed by atoms with Gasteiger partial charge in [-0.2, -0.15) is 0 Å². The lowest BCUT2D eigenvalue weighted by atomic mass is 9.84. The molecule has 0 aromatic heterocycles. The molecule has 1 aromatic carbocycles. The molecule has 2 rings (SSSR count). The van der Waals surface area contributed by atoms with Gasteiger partial charge in [0.1, 0.15) is 5.82 Å². The lowest BCUT2D eigenvalue weighted by Gasteiger charge is -2.41. The maximum absolute atomic E-state index is 14.5. The smallest absolute Gasteiger partial charge is 0.142 e. The number of nitrogens with one attached hydrogen (secondary N) is 1. The third kappa shape index (κ3) is 3.41. The molecule has 1 aliphatic rings. The summed E-state index contributed by atoms with van der Waals surface area (Å²) >= 11 is 3.28. The van der Waals surface area contributed by atoms with Crippen molar-refractivity contribution in [1.29, 1.82) is 0 Å². The average molecular weight is 344 g/mol. The first kappa shape index (κ1) is 15.9. The molecule has 1 fully saturated rings. The summed E-state index contributed by atoms with van der Waals surface area (Å²) in [7, 11) is 0. The second-order valence-corrected chi connectivity index (χ2v) is 6.50. The third-order valence-electron chi connectivity index (χ3n) is 4.00. The van der Waals surface area contributed by atoms with Crippen LogP contribution >= 0.6 is 15.9 Å². The number of benzene rings is 1. The molecule has 2 unspecified atom stereocenters. The van der Waals surface area contributed by atoms with Crippen molar-refractivity contribution in [2.75, 3.05) is 13.2 Å². The van der Waals surface area contributed by atoms with Crippen LogP contribution in [-0.2, 0) is 4.74 Å². The minimum atomic E-state index is -0.338. The summed E-state index contributed by atoms with van der Waals surface area (Å²) in [5.41, 5.74) is 0.354. The first-order chi connectivity index (χ1) is 9.58. The van der Waals surface area contributed by atoms with Crippen LogP contribution in [0.4, 0.5) is 4.39 Å². The Hall–Kier alpha value is -0.450. The molecule has 0 spiro atoms. The van der Waals surface area contributed by atoms with E-state index in [1.807, 2.05) is 12.1 Å². The number of hydrogen-bond donors (Lipinski definition) is 1. The molecule has 2 atom stereocenters. The number of hydrogen-bond acceptors (Lipinski definition) is 2. The minimum Gasteiger partial charge on any atom is -0.373 e. The summed E-state index contributed by atoms with van der Waals surface area (Å²) in [4.78, 5) is 0. The second-order valence-electron chi connectivity index (χ2n) is 5.65. The summed E-state index contributed by atoms with van der Waals surface area (Å²) in [6.45, 7) is 5.83. The van der Waals surface area contributed by atoms with Gasteiger partial charge in [0.05, 0.1) is 16.1 Å². The van der Waals surface area contributed by atoms with Crippen LogP contribution in [-0.4, -0.2) is 18.8 Å². The predicted octanol–water partition coefficient (Wildman–Crippen LogP) is 4.59. The van der Waals surface area contributed by atoms with Crippen molar-refractivity contribution in [2.24, 2.45) is 0 Å². The van der Waals surface area contributed by atoms with Gasteiger partial charge >= 0.3 is 0 Å². The zero-order valence-electron chi connectivity index (χ0n) is 12.2. The van der Waals surface area contributed by atoms with Gasteiger partial charge in [-0.3, -0.25) is 0 Å². The van der Waals surface area contributed by atoms with Crippen molar-refractivity contribution in [2.45, 2.75) is 51.2 Å². The van der Waals surface area contributed by atoms with Gasteiger partial charge < -0.3 is 10.1 Å². The van der Waals surface area contributed by atoms with Gasteiger partial charge in [-0.05, 0) is 61.1 Å². The second kappa shape index (κ2) is 7.01. The van der Waals surface area contributed by atoms with Crippen LogP contribution in [0.2, 0.25) is 0 Å². The monoisotopic (exact) mass is 343 g/mol. The van der Waals surface area contributed by atoms with Gasteiger partial charge in [-0.1, -0.05) is 19.1 Å². The Balaban J connectivity index is 2.33. The third-order valence-corrected chi connectivity index (χ3v) is 4.61. The van der Waals surface area contributed by atoms with Crippen molar-refractivity contribution in [1.82, 2.24) is 5.32 Å². The van der Waals surface area contributed by atoms with Crippen LogP contribution in [0.15, 0.2) is 22.7 Å². The quantitative estimate of drug-likeness (QED) is 0.844. The molecule has 20 heavy (non-hydrogen) atoms. The summed E-state index contributed by atoms with van der Waals surface area (Å²) in [5, 5.41) is 3.48. The van der Waals surface area contributed by atoms with Crippen LogP contribution < -0.4 is 5.32 Å². The SMILES string of the molecule is CCCNC(c1cccc(Br)c1F)C1(C)CCCCO1. The van der Waals surface area contributed by atoms with Gasteiger partial charge in [0.2, 0.25) is 0 Å². The Morgan fingerprint density at radius 1 is 1.45 bits per heavy atom. The van der Waals surface area contributed by atoms with Crippen molar-refractivity contribution in [3.63, 3.8) is 0 Å². The van der Waals surface area contributed by atoms with E-state index in [2.05, 4.69) is 35.1 Å². The summed E-state index contributed by atoms with van der Waals surface area (Å²) in [6, 6.07) is 5.37. The standard InChI is InChI=1S/C16H23BrFNO/c1-3-10-19-15(16(2)9-4-5-11-20-16)12-7-6-8-13(17)14(12)18/h6-8,15,19H,3-5,9-11H2,1-2H3. The number of halogens is 2. The van der Waals surface area contributed by atoms with E-state index in [0.717, 1.165) is 38.8 Å². The molecule has 1 saturated heterocycles. The van der Waals surface area contributed by atoms with Crippen molar-refractivity contribution >= 4 is 15.9 Å². The van der Waals surface area contributed by atoms with Crippen molar-refractivity contribution in [3.05, 3.63) is 34.1 Å². The lowest BCUT2D eigenvalue weighted by Crippen LogP contribution is -2.46. The molecule has 0 aliphatic carbocycles. The Labute approximate surface area is 129 Å². The molecule has 1 heterocycles. The van der Waals surface area contributed by atoms with Crippen molar-refractivity contribution in [3.8, 4) is 0 Å². The van der Waals surface area contributed by atoms with E-state index in [1.54, 1.807) is 6.07 Å². The maximum Gasteiger partial charge on any atom is 0.142 e. The molecule has 0 radical (unpaired) electrons. The number of ether oxygens (including phenoxy) is 1. The van der Waals surface area contributed by atoms with Crippen LogP contribution in [0.25, 0.3) is 0 Å². The Morgan fingerprint density at radius 2 is 2.25 bits per heavy atom. The maximum atomic E-state index is 14.5. The van der Waals surface area contributed by atoms with E-state index in [4.69, 9.17) is 4.74 Å². The van der Waals surface area contributed by atoms with Gasteiger partial charge in [-0.15, -0.1) is 0 Å². The molecular weight excluding hydrogens is 321 g/mol. The Bertz CT molecular complexity index is 446. The molecule has 1 N–H and O–H groups in total. The average Bonchev–Trinajstić information content (AvgIpc) is 2.44. The highest BCUT2D eigenvalue weighted by molar-refractivity contribution is 9.10. The summed E-state index contributed by atoms with van der Waals surface area (Å²) in [6.07, 6.45) is 4.20. The predicted molar refractivity (Wildman–Crippen MR) is 83.3 cm³/mol. The molecule has 0 bridgehead atoms. The van der Waals surface area contributed by atoms with E-state index in [9.17, 15) is 4.39 Å². The van der Waals surface area contributed by atoms with Gasteiger partial charge in [0.15, 0.2) is 0 Å².